The number of fused-ring (bicyclic) bond motifs is 1. The molecule has 0 radical (unpaired) electrons. The quantitative estimate of drug-likeness (QED) is 0.616. The zero-order valence-electron chi connectivity index (χ0n) is 15.8. The zero-order chi connectivity index (χ0) is 19.1. The molecule has 0 bridgehead atoms. The molecule has 2 aromatic rings. The highest BCUT2D eigenvalue weighted by molar-refractivity contribution is 5.81. The van der Waals surface area contributed by atoms with Gasteiger partial charge in [-0.3, -0.25) is 0 Å². The summed E-state index contributed by atoms with van der Waals surface area (Å²) >= 11 is 0. The topological polar surface area (TPSA) is 87.4 Å². The molecular weight excluding hydrogens is 326 g/mol. The molecule has 0 fully saturated rings. The lowest BCUT2D eigenvalue weighted by Crippen LogP contribution is -2.40. The van der Waals surface area contributed by atoms with Crippen molar-refractivity contribution in [1.82, 2.24) is 0 Å². The Balaban J connectivity index is 1.92. The molecule has 0 amide bonds. The molecule has 1 aliphatic heterocycles. The number of hydrogen-bond acceptors (Lipinski definition) is 4. The summed E-state index contributed by atoms with van der Waals surface area (Å²) < 4.78 is 0. The van der Waals surface area contributed by atoms with Crippen molar-refractivity contribution in [2.75, 3.05) is 16.4 Å². The fourth-order valence-corrected chi connectivity index (χ4v) is 3.59. The van der Waals surface area contributed by atoms with Crippen LogP contribution in [-0.4, -0.2) is 16.6 Å². The highest BCUT2D eigenvalue weighted by Gasteiger charge is 2.36. The van der Waals surface area contributed by atoms with Crippen LogP contribution in [0, 0.1) is 5.41 Å². The SMILES string of the molecule is CC(C)(Nc1cccc(C2Nc3ccc(N)cc3CC2(C)C)c1)C(=O)O. The van der Waals surface area contributed by atoms with Crippen molar-refractivity contribution < 1.29 is 9.90 Å². The lowest BCUT2D eigenvalue weighted by molar-refractivity contribution is -0.141. The van der Waals surface area contributed by atoms with Gasteiger partial charge in [-0.25, -0.2) is 4.79 Å². The number of nitrogens with one attached hydrogen (secondary N) is 2. The summed E-state index contributed by atoms with van der Waals surface area (Å²) in [7, 11) is 0. The van der Waals surface area contributed by atoms with E-state index in [9.17, 15) is 9.90 Å². The van der Waals surface area contributed by atoms with Crippen molar-refractivity contribution in [3.05, 3.63) is 53.6 Å². The molecule has 1 heterocycles. The summed E-state index contributed by atoms with van der Waals surface area (Å²) in [5.41, 5.74) is 9.94. The van der Waals surface area contributed by atoms with Gasteiger partial charge in [0.1, 0.15) is 5.54 Å². The molecular formula is C21H27N3O2. The van der Waals surface area contributed by atoms with Crippen LogP contribution in [0.25, 0.3) is 0 Å². The molecule has 5 N–H and O–H groups in total. The third kappa shape index (κ3) is 3.47. The van der Waals surface area contributed by atoms with E-state index in [4.69, 9.17) is 5.73 Å². The van der Waals surface area contributed by atoms with Crippen LogP contribution in [0.1, 0.15) is 44.9 Å². The number of carboxylic acids is 1. The van der Waals surface area contributed by atoms with Crippen molar-refractivity contribution in [1.29, 1.82) is 0 Å². The standard InChI is InChI=1S/C21H27N3O2/c1-20(2)12-14-10-15(22)8-9-17(14)23-18(20)13-6-5-7-16(11-13)24-21(3,4)19(25)26/h5-11,18,23-24H,12,22H2,1-4H3,(H,25,26). The van der Waals surface area contributed by atoms with Gasteiger partial charge in [0.05, 0.1) is 6.04 Å². The number of rotatable bonds is 4. The second-order valence-corrected chi connectivity index (χ2v) is 8.34. The van der Waals surface area contributed by atoms with Gasteiger partial charge in [0.2, 0.25) is 0 Å². The van der Waals surface area contributed by atoms with Crippen molar-refractivity contribution in [2.45, 2.75) is 45.7 Å². The van der Waals surface area contributed by atoms with Crippen LogP contribution in [0.2, 0.25) is 0 Å². The number of carbonyl (C=O) groups is 1. The van der Waals surface area contributed by atoms with Gasteiger partial charge < -0.3 is 21.5 Å². The zero-order valence-corrected chi connectivity index (χ0v) is 15.8. The van der Waals surface area contributed by atoms with E-state index in [1.54, 1.807) is 13.8 Å². The Labute approximate surface area is 154 Å². The molecule has 3 rings (SSSR count). The van der Waals surface area contributed by atoms with Crippen LogP contribution >= 0.6 is 0 Å². The van der Waals surface area contributed by atoms with Crippen LogP contribution in [0.5, 0.6) is 0 Å². The summed E-state index contributed by atoms with van der Waals surface area (Å²) in [6, 6.07) is 14.1. The number of aliphatic carboxylic acids is 1. The van der Waals surface area contributed by atoms with E-state index < -0.39 is 11.5 Å². The van der Waals surface area contributed by atoms with Crippen LogP contribution in [-0.2, 0) is 11.2 Å². The highest BCUT2D eigenvalue weighted by Crippen LogP contribution is 2.45. The molecule has 0 aliphatic carbocycles. The third-order valence-corrected chi connectivity index (χ3v) is 5.07. The first-order valence-corrected chi connectivity index (χ1v) is 8.85. The monoisotopic (exact) mass is 353 g/mol. The van der Waals surface area contributed by atoms with Crippen molar-refractivity contribution in [2.24, 2.45) is 5.41 Å². The van der Waals surface area contributed by atoms with Gasteiger partial charge in [0.15, 0.2) is 0 Å². The summed E-state index contributed by atoms with van der Waals surface area (Å²) in [5.74, 6) is -0.884. The fraction of sp³-hybridized carbons (Fsp3) is 0.381. The van der Waals surface area contributed by atoms with Gasteiger partial charge in [0, 0.05) is 17.1 Å². The lowest BCUT2D eigenvalue weighted by Gasteiger charge is -2.41. The average molecular weight is 353 g/mol. The first-order valence-electron chi connectivity index (χ1n) is 8.85. The molecule has 5 heteroatoms. The van der Waals surface area contributed by atoms with E-state index in [0.717, 1.165) is 29.0 Å². The first kappa shape index (κ1) is 18.1. The van der Waals surface area contributed by atoms with Gasteiger partial charge in [0.25, 0.3) is 0 Å². The second-order valence-electron chi connectivity index (χ2n) is 8.34. The number of nitrogens with two attached hydrogens (primary N) is 1. The third-order valence-electron chi connectivity index (χ3n) is 5.07. The van der Waals surface area contributed by atoms with Crippen LogP contribution in [0.3, 0.4) is 0 Å². The number of benzene rings is 2. The smallest absolute Gasteiger partial charge is 0.328 e. The second kappa shape index (κ2) is 6.24. The molecule has 1 aliphatic rings. The maximum absolute atomic E-state index is 11.4. The molecule has 0 saturated carbocycles. The maximum Gasteiger partial charge on any atom is 0.328 e. The van der Waals surface area contributed by atoms with Gasteiger partial charge in [-0.1, -0.05) is 26.0 Å². The molecule has 1 unspecified atom stereocenters. The van der Waals surface area contributed by atoms with Crippen LogP contribution in [0.4, 0.5) is 17.1 Å². The predicted molar refractivity (Wildman–Crippen MR) is 106 cm³/mol. The lowest BCUT2D eigenvalue weighted by atomic mass is 9.73. The van der Waals surface area contributed by atoms with Crippen molar-refractivity contribution >= 4 is 23.0 Å². The number of nitrogen functional groups attached to an aromatic ring is 1. The molecule has 0 saturated heterocycles. The fourth-order valence-electron chi connectivity index (χ4n) is 3.59. The number of carboxylic acid groups (broad SMARTS) is 1. The summed E-state index contributed by atoms with van der Waals surface area (Å²) in [6.07, 6.45) is 0.920. The van der Waals surface area contributed by atoms with E-state index >= 15 is 0 Å². The predicted octanol–water partition coefficient (Wildman–Crippen LogP) is 4.28. The Bertz CT molecular complexity index is 843. The van der Waals surface area contributed by atoms with Crippen molar-refractivity contribution in [3.8, 4) is 0 Å². The minimum atomic E-state index is -1.03. The average Bonchev–Trinajstić information content (AvgIpc) is 2.53. The van der Waals surface area contributed by atoms with Crippen LogP contribution < -0.4 is 16.4 Å². The first-order chi connectivity index (χ1) is 12.1. The summed E-state index contributed by atoms with van der Waals surface area (Å²) in [6.45, 7) is 7.78. The van der Waals surface area contributed by atoms with Gasteiger partial charge >= 0.3 is 5.97 Å². The highest BCUT2D eigenvalue weighted by atomic mass is 16.4. The molecule has 2 aromatic carbocycles. The van der Waals surface area contributed by atoms with Crippen LogP contribution in [0.15, 0.2) is 42.5 Å². The molecule has 5 nitrogen and oxygen atoms in total. The minimum Gasteiger partial charge on any atom is -0.480 e. The Morgan fingerprint density at radius 3 is 2.69 bits per heavy atom. The maximum atomic E-state index is 11.4. The van der Waals surface area contributed by atoms with Crippen molar-refractivity contribution in [3.63, 3.8) is 0 Å². The molecule has 26 heavy (non-hydrogen) atoms. The Morgan fingerprint density at radius 1 is 1.27 bits per heavy atom. The van der Waals surface area contributed by atoms with E-state index in [1.165, 1.54) is 5.56 Å². The number of hydrogen-bond donors (Lipinski definition) is 4. The minimum absolute atomic E-state index is 0.0122. The van der Waals surface area contributed by atoms with E-state index in [0.29, 0.717) is 0 Å². The van der Waals surface area contributed by atoms with E-state index in [-0.39, 0.29) is 11.5 Å². The number of anilines is 3. The Morgan fingerprint density at radius 2 is 2.00 bits per heavy atom. The Hall–Kier alpha value is -2.69. The largest absolute Gasteiger partial charge is 0.480 e. The van der Waals surface area contributed by atoms with E-state index in [2.05, 4.69) is 30.5 Å². The summed E-state index contributed by atoms with van der Waals surface area (Å²) in [4.78, 5) is 11.4. The van der Waals surface area contributed by atoms with E-state index in [1.807, 2.05) is 36.4 Å². The van der Waals surface area contributed by atoms with Gasteiger partial charge in [-0.2, -0.15) is 0 Å². The molecule has 138 valence electrons. The van der Waals surface area contributed by atoms with Gasteiger partial charge in [-0.05, 0) is 67.1 Å². The molecule has 1 atom stereocenters. The van der Waals surface area contributed by atoms with Gasteiger partial charge in [-0.15, -0.1) is 0 Å². The summed E-state index contributed by atoms with van der Waals surface area (Å²) in [5, 5.41) is 16.1. The normalized spacial score (nSPS) is 18.5. The molecule has 0 aromatic heterocycles. The molecule has 0 spiro atoms. The Kier molecular flexibility index (Phi) is 4.34.